The van der Waals surface area contributed by atoms with E-state index in [1.807, 2.05) is 0 Å². The maximum Gasteiger partial charge on any atom is 0.311 e. The second-order valence-electron chi connectivity index (χ2n) is 3.13. The van der Waals surface area contributed by atoms with Gasteiger partial charge in [-0.1, -0.05) is 15.9 Å². The van der Waals surface area contributed by atoms with E-state index >= 15 is 0 Å². The van der Waals surface area contributed by atoms with Crippen molar-refractivity contribution in [1.82, 2.24) is 4.98 Å². The number of pyridine rings is 1. The summed E-state index contributed by atoms with van der Waals surface area (Å²) >= 11 is 2.98. The molecule has 0 amide bonds. The van der Waals surface area contributed by atoms with E-state index in [2.05, 4.69) is 25.7 Å². The van der Waals surface area contributed by atoms with E-state index in [0.29, 0.717) is 6.20 Å². The van der Waals surface area contributed by atoms with Gasteiger partial charge in [-0.3, -0.25) is 9.78 Å². The van der Waals surface area contributed by atoms with E-state index in [1.165, 1.54) is 7.11 Å². The van der Waals surface area contributed by atoms with Gasteiger partial charge >= 0.3 is 5.97 Å². The lowest BCUT2D eigenvalue weighted by Gasteiger charge is -2.11. The van der Waals surface area contributed by atoms with E-state index in [0.717, 1.165) is 0 Å². The molecule has 1 heterocycles. The van der Waals surface area contributed by atoms with Gasteiger partial charge in [-0.25, -0.2) is 13.2 Å². The van der Waals surface area contributed by atoms with Crippen molar-refractivity contribution in [3.8, 4) is 0 Å². The van der Waals surface area contributed by atoms with Crippen LogP contribution < -0.4 is 0 Å². The third-order valence-corrected chi connectivity index (χ3v) is 2.72. The van der Waals surface area contributed by atoms with Crippen molar-refractivity contribution in [2.24, 2.45) is 0 Å². The standard InChI is InChI=1S/C10H9BrF3NO2/c1-17-8(16)2-7-5(3-11)9(10(13)14)6(12)4-15-7/h4,10H,2-3H2,1H3. The zero-order valence-corrected chi connectivity index (χ0v) is 10.4. The Kier molecular flexibility index (Phi) is 4.92. The van der Waals surface area contributed by atoms with Crippen molar-refractivity contribution in [2.75, 3.05) is 7.11 Å². The monoisotopic (exact) mass is 311 g/mol. The average Bonchev–Trinajstić information content (AvgIpc) is 2.30. The lowest BCUT2D eigenvalue weighted by molar-refractivity contribution is -0.139. The molecule has 0 aliphatic carbocycles. The van der Waals surface area contributed by atoms with Gasteiger partial charge in [-0.05, 0) is 5.56 Å². The van der Waals surface area contributed by atoms with Gasteiger partial charge in [0.25, 0.3) is 6.43 Å². The third-order valence-electron chi connectivity index (χ3n) is 2.16. The lowest BCUT2D eigenvalue weighted by Crippen LogP contribution is -2.11. The molecule has 17 heavy (non-hydrogen) atoms. The molecular weight excluding hydrogens is 303 g/mol. The third kappa shape index (κ3) is 3.18. The summed E-state index contributed by atoms with van der Waals surface area (Å²) in [5.74, 6) is -1.70. The van der Waals surface area contributed by atoms with Crippen molar-refractivity contribution in [2.45, 2.75) is 18.2 Å². The van der Waals surface area contributed by atoms with E-state index in [1.54, 1.807) is 0 Å². The molecule has 7 heteroatoms. The Labute approximate surface area is 104 Å². The van der Waals surface area contributed by atoms with Crippen LogP contribution in [-0.2, 0) is 21.3 Å². The van der Waals surface area contributed by atoms with Crippen LogP contribution in [-0.4, -0.2) is 18.1 Å². The van der Waals surface area contributed by atoms with Gasteiger partial charge in [0.05, 0.1) is 31.0 Å². The van der Waals surface area contributed by atoms with Crippen molar-refractivity contribution in [1.29, 1.82) is 0 Å². The van der Waals surface area contributed by atoms with Gasteiger partial charge in [0.1, 0.15) is 0 Å². The van der Waals surface area contributed by atoms with E-state index in [9.17, 15) is 18.0 Å². The van der Waals surface area contributed by atoms with Crippen molar-refractivity contribution in [3.63, 3.8) is 0 Å². The van der Waals surface area contributed by atoms with Crippen LogP contribution in [0.15, 0.2) is 6.20 Å². The van der Waals surface area contributed by atoms with E-state index in [4.69, 9.17) is 0 Å². The molecule has 0 aliphatic heterocycles. The first-order valence-corrected chi connectivity index (χ1v) is 5.70. The number of ether oxygens (including phenoxy) is 1. The molecule has 1 aromatic rings. The summed E-state index contributed by atoms with van der Waals surface area (Å²) in [6.07, 6.45) is -2.54. The molecule has 0 saturated carbocycles. The molecule has 0 saturated heterocycles. The summed E-state index contributed by atoms with van der Waals surface area (Å²) in [6, 6.07) is 0. The summed E-state index contributed by atoms with van der Waals surface area (Å²) in [5, 5.41) is -0.0102. The first-order chi connectivity index (χ1) is 8.01. The van der Waals surface area contributed by atoms with Gasteiger partial charge in [0.2, 0.25) is 0 Å². The molecule has 1 rings (SSSR count). The fourth-order valence-corrected chi connectivity index (χ4v) is 1.95. The number of rotatable bonds is 4. The Hall–Kier alpha value is -1.11. The van der Waals surface area contributed by atoms with Crippen LogP contribution in [0.5, 0.6) is 0 Å². The molecule has 0 unspecified atom stereocenters. The quantitative estimate of drug-likeness (QED) is 0.634. The van der Waals surface area contributed by atoms with Crippen molar-refractivity contribution in [3.05, 3.63) is 28.8 Å². The number of carbonyl (C=O) groups is 1. The maximum absolute atomic E-state index is 13.2. The van der Waals surface area contributed by atoms with Gasteiger partial charge in [0.15, 0.2) is 5.82 Å². The summed E-state index contributed by atoms with van der Waals surface area (Å²) in [5.41, 5.74) is -0.647. The molecule has 0 spiro atoms. The number of aromatic nitrogens is 1. The highest BCUT2D eigenvalue weighted by Crippen LogP contribution is 2.29. The molecule has 0 atom stereocenters. The largest absolute Gasteiger partial charge is 0.469 e. The summed E-state index contributed by atoms with van der Waals surface area (Å²) in [7, 11) is 1.17. The molecule has 3 nitrogen and oxygen atoms in total. The SMILES string of the molecule is COC(=O)Cc1ncc(F)c(C(F)F)c1CBr. The van der Waals surface area contributed by atoms with Crippen molar-refractivity contribution >= 4 is 21.9 Å². The van der Waals surface area contributed by atoms with Crippen molar-refractivity contribution < 1.29 is 22.7 Å². The molecule has 0 fully saturated rings. The smallest absolute Gasteiger partial charge is 0.311 e. The van der Waals surface area contributed by atoms with Crippen LogP contribution in [0.1, 0.15) is 23.2 Å². The second kappa shape index (κ2) is 6.00. The lowest BCUT2D eigenvalue weighted by atomic mass is 10.1. The minimum absolute atomic E-state index is 0.00889. The Balaban J connectivity index is 3.23. The van der Waals surface area contributed by atoms with Crippen LogP contribution in [0.2, 0.25) is 0 Å². The van der Waals surface area contributed by atoms with Crippen LogP contribution in [0, 0.1) is 5.82 Å². The van der Waals surface area contributed by atoms with Crippen LogP contribution in [0.4, 0.5) is 13.2 Å². The predicted molar refractivity (Wildman–Crippen MR) is 57.5 cm³/mol. The van der Waals surface area contributed by atoms with Gasteiger partial charge < -0.3 is 4.74 Å². The Bertz CT molecular complexity index is 426. The first kappa shape index (κ1) is 14.0. The predicted octanol–water partition coefficient (Wildman–Crippen LogP) is 2.77. The Morgan fingerprint density at radius 1 is 1.59 bits per heavy atom. The highest BCUT2D eigenvalue weighted by Gasteiger charge is 2.22. The number of carbonyl (C=O) groups excluding carboxylic acids is 1. The topological polar surface area (TPSA) is 39.2 Å². The van der Waals surface area contributed by atoms with Gasteiger partial charge in [-0.15, -0.1) is 0 Å². The van der Waals surface area contributed by atoms with Crippen LogP contribution in [0.25, 0.3) is 0 Å². The molecule has 0 N–H and O–H groups in total. The number of esters is 1. The number of methoxy groups -OCH3 is 1. The molecule has 94 valence electrons. The highest BCUT2D eigenvalue weighted by atomic mass is 79.9. The average molecular weight is 312 g/mol. The summed E-state index contributed by atoms with van der Waals surface area (Å²) in [6.45, 7) is 0. The molecular formula is C10H9BrF3NO2. The first-order valence-electron chi connectivity index (χ1n) is 4.58. The molecule has 0 radical (unpaired) electrons. The Morgan fingerprint density at radius 3 is 2.71 bits per heavy atom. The van der Waals surface area contributed by atoms with Crippen LogP contribution >= 0.6 is 15.9 Å². The fourth-order valence-electron chi connectivity index (χ4n) is 1.33. The van der Waals surface area contributed by atoms with Gasteiger partial charge in [-0.2, -0.15) is 0 Å². The zero-order valence-electron chi connectivity index (χ0n) is 8.84. The molecule has 0 aliphatic rings. The normalized spacial score (nSPS) is 10.7. The van der Waals surface area contributed by atoms with E-state index in [-0.39, 0.29) is 23.0 Å². The minimum Gasteiger partial charge on any atom is -0.469 e. The number of nitrogens with zero attached hydrogens (tertiary/aromatic N) is 1. The van der Waals surface area contributed by atoms with Crippen LogP contribution in [0.3, 0.4) is 0 Å². The second-order valence-corrected chi connectivity index (χ2v) is 3.69. The minimum atomic E-state index is -2.96. The molecule has 1 aromatic heterocycles. The number of hydrogen-bond donors (Lipinski definition) is 0. The summed E-state index contributed by atoms with van der Waals surface area (Å²) < 4.78 is 43.0. The maximum atomic E-state index is 13.2. The van der Waals surface area contributed by atoms with E-state index < -0.39 is 23.8 Å². The molecule has 0 bridgehead atoms. The Morgan fingerprint density at radius 2 is 2.24 bits per heavy atom. The number of alkyl halides is 3. The summed E-state index contributed by atoms with van der Waals surface area (Å²) in [4.78, 5) is 14.7. The fraction of sp³-hybridized carbons (Fsp3) is 0.400. The zero-order chi connectivity index (χ0) is 13.0. The van der Waals surface area contributed by atoms with Gasteiger partial charge in [0, 0.05) is 5.33 Å². The number of hydrogen-bond acceptors (Lipinski definition) is 3. The highest BCUT2D eigenvalue weighted by molar-refractivity contribution is 9.08. The molecule has 0 aromatic carbocycles. The number of halogens is 4.